The van der Waals surface area contributed by atoms with Crippen molar-refractivity contribution in [2.45, 2.75) is 13.0 Å². The molecule has 0 aliphatic carbocycles. The number of rotatable bonds is 6. The van der Waals surface area contributed by atoms with Gasteiger partial charge < -0.3 is 19.9 Å². The molecular weight excluding hydrogens is 310 g/mol. The summed E-state index contributed by atoms with van der Waals surface area (Å²) in [6, 6.07) is 17.0. The fourth-order valence-corrected chi connectivity index (χ4v) is 3.76. The Bertz CT molecular complexity index is 842. The average molecular weight is 335 g/mol. The second-order valence-electron chi connectivity index (χ2n) is 6.79. The van der Waals surface area contributed by atoms with Crippen molar-refractivity contribution < 1.29 is 4.74 Å². The molecule has 2 heterocycles. The highest BCUT2D eigenvalue weighted by molar-refractivity contribution is 5.82. The van der Waals surface area contributed by atoms with E-state index in [1.165, 1.54) is 28.6 Å². The third-order valence-electron chi connectivity index (χ3n) is 5.14. The Morgan fingerprint density at radius 2 is 2.12 bits per heavy atom. The van der Waals surface area contributed by atoms with Gasteiger partial charge in [0.05, 0.1) is 7.11 Å². The van der Waals surface area contributed by atoms with Crippen LogP contribution in [0.4, 0.5) is 5.69 Å². The minimum Gasteiger partial charge on any atom is -0.497 e. The van der Waals surface area contributed by atoms with E-state index < -0.39 is 0 Å². The van der Waals surface area contributed by atoms with E-state index in [9.17, 15) is 0 Å². The molecule has 130 valence electrons. The molecule has 1 fully saturated rings. The molecule has 0 amide bonds. The predicted molar refractivity (Wildman–Crippen MR) is 103 cm³/mol. The molecule has 0 radical (unpaired) electrons. The number of nitrogens with one attached hydrogen (secondary N) is 2. The summed E-state index contributed by atoms with van der Waals surface area (Å²) in [5, 5.41) is 4.97. The van der Waals surface area contributed by atoms with Crippen molar-refractivity contribution >= 4 is 16.6 Å². The maximum absolute atomic E-state index is 5.34. The molecule has 1 aromatic heterocycles. The minimum atomic E-state index is 0.691. The molecule has 0 bridgehead atoms. The highest BCUT2D eigenvalue weighted by atomic mass is 16.5. The highest BCUT2D eigenvalue weighted by Crippen LogP contribution is 2.26. The van der Waals surface area contributed by atoms with Crippen LogP contribution in [0, 0.1) is 5.92 Å². The molecule has 2 N–H and O–H groups in total. The molecular formula is C21H25N3O. The van der Waals surface area contributed by atoms with Crippen LogP contribution in [0.1, 0.15) is 12.0 Å². The van der Waals surface area contributed by atoms with Crippen molar-refractivity contribution in [3.63, 3.8) is 0 Å². The first kappa shape index (κ1) is 16.0. The number of methoxy groups -OCH3 is 1. The lowest BCUT2D eigenvalue weighted by atomic mass is 10.1. The van der Waals surface area contributed by atoms with Gasteiger partial charge in [-0.1, -0.05) is 18.2 Å². The fraction of sp³-hybridized carbons (Fsp3) is 0.333. The number of aromatic nitrogens is 1. The Balaban J connectivity index is 1.32. The van der Waals surface area contributed by atoms with Crippen LogP contribution in [0.2, 0.25) is 0 Å². The Hall–Kier alpha value is -2.46. The van der Waals surface area contributed by atoms with Crippen molar-refractivity contribution in [1.29, 1.82) is 0 Å². The SMILES string of the molecule is COc1cccc(N2CCC(CNCc3cccc4[nH]ccc34)C2)c1. The van der Waals surface area contributed by atoms with Gasteiger partial charge in [-0.3, -0.25) is 0 Å². The monoisotopic (exact) mass is 335 g/mol. The van der Waals surface area contributed by atoms with Gasteiger partial charge in [-0.15, -0.1) is 0 Å². The number of fused-ring (bicyclic) bond motifs is 1. The normalized spacial score (nSPS) is 17.3. The van der Waals surface area contributed by atoms with Gasteiger partial charge in [0.15, 0.2) is 0 Å². The quantitative estimate of drug-likeness (QED) is 0.720. The first-order chi connectivity index (χ1) is 12.3. The van der Waals surface area contributed by atoms with Crippen LogP contribution in [0.15, 0.2) is 54.7 Å². The summed E-state index contributed by atoms with van der Waals surface area (Å²) in [6.07, 6.45) is 3.25. The van der Waals surface area contributed by atoms with E-state index in [0.29, 0.717) is 5.92 Å². The van der Waals surface area contributed by atoms with Crippen molar-refractivity contribution in [1.82, 2.24) is 10.3 Å². The smallest absolute Gasteiger partial charge is 0.120 e. The van der Waals surface area contributed by atoms with E-state index >= 15 is 0 Å². The van der Waals surface area contributed by atoms with Crippen LogP contribution in [0.25, 0.3) is 10.9 Å². The first-order valence-electron chi connectivity index (χ1n) is 8.98. The number of hydrogen-bond donors (Lipinski definition) is 2. The lowest BCUT2D eigenvalue weighted by Crippen LogP contribution is -2.26. The van der Waals surface area contributed by atoms with Crippen molar-refractivity contribution in [2.24, 2.45) is 5.92 Å². The van der Waals surface area contributed by atoms with Gasteiger partial charge in [0.25, 0.3) is 0 Å². The number of benzene rings is 2. The Morgan fingerprint density at radius 1 is 1.20 bits per heavy atom. The maximum atomic E-state index is 5.34. The Labute approximate surface area is 148 Å². The lowest BCUT2D eigenvalue weighted by Gasteiger charge is -2.19. The van der Waals surface area contributed by atoms with Crippen LogP contribution in [0.3, 0.4) is 0 Å². The van der Waals surface area contributed by atoms with Crippen LogP contribution in [-0.4, -0.2) is 31.7 Å². The van der Waals surface area contributed by atoms with E-state index in [2.05, 4.69) is 57.7 Å². The largest absolute Gasteiger partial charge is 0.497 e. The summed E-state index contributed by atoms with van der Waals surface area (Å²) >= 11 is 0. The first-order valence-corrected chi connectivity index (χ1v) is 8.98. The van der Waals surface area contributed by atoms with Crippen molar-refractivity contribution in [3.8, 4) is 5.75 Å². The van der Waals surface area contributed by atoms with Gasteiger partial charge in [-0.2, -0.15) is 0 Å². The molecule has 1 unspecified atom stereocenters. The van der Waals surface area contributed by atoms with Crippen molar-refractivity contribution in [3.05, 3.63) is 60.3 Å². The highest BCUT2D eigenvalue weighted by Gasteiger charge is 2.22. The number of ether oxygens (including phenoxy) is 1. The van der Waals surface area contributed by atoms with Gasteiger partial charge in [0, 0.05) is 55.0 Å². The van der Waals surface area contributed by atoms with E-state index in [0.717, 1.165) is 31.9 Å². The third kappa shape index (κ3) is 3.49. The number of anilines is 1. The van der Waals surface area contributed by atoms with Crippen LogP contribution >= 0.6 is 0 Å². The van der Waals surface area contributed by atoms with Crippen LogP contribution in [0.5, 0.6) is 5.75 Å². The Kier molecular flexibility index (Phi) is 4.61. The summed E-state index contributed by atoms with van der Waals surface area (Å²) < 4.78 is 5.34. The number of hydrogen-bond acceptors (Lipinski definition) is 3. The number of H-pyrrole nitrogens is 1. The zero-order valence-electron chi connectivity index (χ0n) is 14.7. The molecule has 1 aliphatic heterocycles. The second kappa shape index (κ2) is 7.19. The van der Waals surface area contributed by atoms with Gasteiger partial charge in [-0.05, 0) is 42.2 Å². The standard InChI is InChI=1S/C21H25N3O/c1-25-19-6-3-5-18(12-19)24-11-9-16(15-24)13-22-14-17-4-2-7-21-20(17)8-10-23-21/h2-8,10,12,16,22-23H,9,11,13-15H2,1H3. The number of aromatic amines is 1. The Morgan fingerprint density at radius 3 is 3.04 bits per heavy atom. The third-order valence-corrected chi connectivity index (χ3v) is 5.14. The van der Waals surface area contributed by atoms with E-state index in [1.807, 2.05) is 12.3 Å². The van der Waals surface area contributed by atoms with E-state index in [4.69, 9.17) is 4.74 Å². The van der Waals surface area contributed by atoms with Gasteiger partial charge in [0.1, 0.15) is 5.75 Å². The molecule has 3 aromatic rings. The van der Waals surface area contributed by atoms with Crippen LogP contribution < -0.4 is 15.0 Å². The van der Waals surface area contributed by atoms with Gasteiger partial charge in [0.2, 0.25) is 0 Å². The fourth-order valence-electron chi connectivity index (χ4n) is 3.76. The molecule has 4 heteroatoms. The zero-order valence-corrected chi connectivity index (χ0v) is 14.7. The second-order valence-corrected chi connectivity index (χ2v) is 6.79. The molecule has 4 nitrogen and oxygen atoms in total. The molecule has 25 heavy (non-hydrogen) atoms. The minimum absolute atomic E-state index is 0.691. The van der Waals surface area contributed by atoms with Crippen LogP contribution in [-0.2, 0) is 6.54 Å². The summed E-state index contributed by atoms with van der Waals surface area (Å²) in [5.74, 6) is 1.62. The zero-order chi connectivity index (χ0) is 17.1. The number of nitrogens with zero attached hydrogens (tertiary/aromatic N) is 1. The van der Waals surface area contributed by atoms with Gasteiger partial charge in [-0.25, -0.2) is 0 Å². The van der Waals surface area contributed by atoms with E-state index in [-0.39, 0.29) is 0 Å². The summed E-state index contributed by atoms with van der Waals surface area (Å²) in [5.41, 5.74) is 3.84. The van der Waals surface area contributed by atoms with Gasteiger partial charge >= 0.3 is 0 Å². The van der Waals surface area contributed by atoms with Crippen molar-refractivity contribution in [2.75, 3.05) is 31.6 Å². The topological polar surface area (TPSA) is 40.3 Å². The molecule has 1 aliphatic rings. The molecule has 1 saturated heterocycles. The molecule has 2 aromatic carbocycles. The average Bonchev–Trinajstić information content (AvgIpc) is 3.31. The maximum Gasteiger partial charge on any atom is 0.120 e. The van der Waals surface area contributed by atoms with E-state index in [1.54, 1.807) is 7.11 Å². The molecule has 0 spiro atoms. The molecule has 4 rings (SSSR count). The summed E-state index contributed by atoms with van der Waals surface area (Å²) in [7, 11) is 1.72. The molecule has 0 saturated carbocycles. The predicted octanol–water partition coefficient (Wildman–Crippen LogP) is 3.79. The molecule has 1 atom stereocenters. The lowest BCUT2D eigenvalue weighted by molar-refractivity contribution is 0.415. The summed E-state index contributed by atoms with van der Waals surface area (Å²) in [4.78, 5) is 5.74. The summed E-state index contributed by atoms with van der Waals surface area (Å²) in [6.45, 7) is 4.20.